The van der Waals surface area contributed by atoms with Crippen molar-refractivity contribution >= 4 is 0 Å². The number of rotatable bonds is 4. The van der Waals surface area contributed by atoms with Crippen LogP contribution in [0.4, 0.5) is 0 Å². The third kappa shape index (κ3) is 3.64. The molecule has 0 spiro atoms. The molecule has 0 aliphatic rings. The number of benzene rings is 1. The van der Waals surface area contributed by atoms with E-state index in [4.69, 9.17) is 0 Å². The van der Waals surface area contributed by atoms with Gasteiger partial charge in [0.05, 0.1) is 6.54 Å². The molecule has 0 radical (unpaired) electrons. The summed E-state index contributed by atoms with van der Waals surface area (Å²) in [4.78, 5) is 0. The molecule has 0 bridgehead atoms. The molecule has 1 rings (SSSR count). The van der Waals surface area contributed by atoms with Gasteiger partial charge < -0.3 is 5.32 Å². The highest BCUT2D eigenvalue weighted by molar-refractivity contribution is 5.22. The maximum Gasteiger partial charge on any atom is 0.0578 e. The topological polar surface area (TPSA) is 12.0 Å². The summed E-state index contributed by atoms with van der Waals surface area (Å²) in [6.45, 7) is 5.70. The quantitative estimate of drug-likeness (QED) is 0.563. The Morgan fingerprint density at radius 3 is 2.36 bits per heavy atom. The first kappa shape index (κ1) is 10.8. The van der Waals surface area contributed by atoms with Gasteiger partial charge in [0.1, 0.15) is 0 Å². The normalized spacial score (nSPS) is 9.29. The molecule has 1 N–H and O–H groups in total. The van der Waals surface area contributed by atoms with Crippen molar-refractivity contribution < 1.29 is 0 Å². The van der Waals surface area contributed by atoms with Gasteiger partial charge in [0.15, 0.2) is 0 Å². The van der Waals surface area contributed by atoms with Crippen LogP contribution in [0.25, 0.3) is 0 Å². The maximum atomic E-state index is 3.27. The molecule has 74 valence electrons. The van der Waals surface area contributed by atoms with Crippen molar-refractivity contribution in [3.63, 3.8) is 0 Å². The van der Waals surface area contributed by atoms with E-state index in [1.165, 1.54) is 11.1 Å². The number of hydrogen-bond donors (Lipinski definition) is 1. The highest BCUT2D eigenvalue weighted by Gasteiger charge is 1.91. The van der Waals surface area contributed by atoms with Crippen LogP contribution in [0, 0.1) is 11.8 Å². The van der Waals surface area contributed by atoms with E-state index in [0.717, 1.165) is 19.5 Å². The van der Waals surface area contributed by atoms with Crippen LogP contribution in [0.2, 0.25) is 0 Å². The van der Waals surface area contributed by atoms with Crippen molar-refractivity contribution in [1.82, 2.24) is 5.32 Å². The van der Waals surface area contributed by atoms with E-state index in [-0.39, 0.29) is 0 Å². The zero-order chi connectivity index (χ0) is 10.2. The molecule has 14 heavy (non-hydrogen) atoms. The Morgan fingerprint density at radius 1 is 1.14 bits per heavy atom. The predicted octanol–water partition coefficient (Wildman–Crippen LogP) is 2.36. The zero-order valence-corrected chi connectivity index (χ0v) is 8.93. The summed E-state index contributed by atoms with van der Waals surface area (Å²) in [6.07, 6.45) is 1.11. The van der Waals surface area contributed by atoms with E-state index in [1.807, 2.05) is 6.92 Å². The van der Waals surface area contributed by atoms with Crippen LogP contribution in [0.1, 0.15) is 25.0 Å². The predicted molar refractivity (Wildman–Crippen MR) is 61.0 cm³/mol. The second-order valence-electron chi connectivity index (χ2n) is 3.20. The smallest absolute Gasteiger partial charge is 0.0578 e. The maximum absolute atomic E-state index is 3.27. The standard InChI is InChI=1S/C13H17N/c1-3-5-10-14-11-13-8-6-12(4-2)7-9-13/h6-9,14H,4,10-11H2,1-2H3. The summed E-state index contributed by atoms with van der Waals surface area (Å²) in [5.41, 5.74) is 2.71. The first-order valence-electron chi connectivity index (χ1n) is 5.05. The summed E-state index contributed by atoms with van der Waals surface area (Å²) in [5.74, 6) is 5.84. The van der Waals surface area contributed by atoms with Crippen LogP contribution in [0.5, 0.6) is 0 Å². The Morgan fingerprint density at radius 2 is 1.79 bits per heavy atom. The summed E-state index contributed by atoms with van der Waals surface area (Å²) in [7, 11) is 0. The van der Waals surface area contributed by atoms with Crippen molar-refractivity contribution in [1.29, 1.82) is 0 Å². The molecule has 0 fully saturated rings. The summed E-state index contributed by atoms with van der Waals surface area (Å²) >= 11 is 0. The van der Waals surface area contributed by atoms with Gasteiger partial charge in [-0.1, -0.05) is 37.1 Å². The van der Waals surface area contributed by atoms with Gasteiger partial charge >= 0.3 is 0 Å². The first-order valence-corrected chi connectivity index (χ1v) is 5.05. The van der Waals surface area contributed by atoms with Crippen LogP contribution in [-0.2, 0) is 13.0 Å². The molecular weight excluding hydrogens is 170 g/mol. The van der Waals surface area contributed by atoms with E-state index in [2.05, 4.69) is 48.3 Å². The Hall–Kier alpha value is -1.26. The minimum Gasteiger partial charge on any atom is -0.302 e. The van der Waals surface area contributed by atoms with E-state index >= 15 is 0 Å². The minimum absolute atomic E-state index is 0.770. The van der Waals surface area contributed by atoms with E-state index in [1.54, 1.807) is 0 Å². The van der Waals surface area contributed by atoms with Crippen molar-refractivity contribution in [2.24, 2.45) is 0 Å². The van der Waals surface area contributed by atoms with Gasteiger partial charge in [-0.3, -0.25) is 0 Å². The molecule has 1 heteroatoms. The molecule has 0 aromatic heterocycles. The van der Waals surface area contributed by atoms with Gasteiger partial charge in [-0.05, 0) is 24.5 Å². The average molecular weight is 187 g/mol. The van der Waals surface area contributed by atoms with Crippen LogP contribution in [0.3, 0.4) is 0 Å². The lowest BCUT2D eigenvalue weighted by Gasteiger charge is -2.02. The fourth-order valence-corrected chi connectivity index (χ4v) is 1.25. The van der Waals surface area contributed by atoms with Gasteiger partial charge in [-0.15, -0.1) is 5.92 Å². The Kier molecular flexibility index (Phi) is 4.82. The third-order valence-corrected chi connectivity index (χ3v) is 2.15. The average Bonchev–Trinajstić information content (AvgIpc) is 2.25. The van der Waals surface area contributed by atoms with Gasteiger partial charge in [0.25, 0.3) is 0 Å². The molecule has 0 unspecified atom stereocenters. The lowest BCUT2D eigenvalue weighted by atomic mass is 10.1. The highest BCUT2D eigenvalue weighted by Crippen LogP contribution is 2.04. The van der Waals surface area contributed by atoms with Crippen LogP contribution in [-0.4, -0.2) is 6.54 Å². The molecule has 0 amide bonds. The van der Waals surface area contributed by atoms with Crippen LogP contribution >= 0.6 is 0 Å². The largest absolute Gasteiger partial charge is 0.302 e. The van der Waals surface area contributed by atoms with Crippen LogP contribution in [0.15, 0.2) is 24.3 Å². The minimum atomic E-state index is 0.770. The van der Waals surface area contributed by atoms with E-state index in [0.29, 0.717) is 0 Å². The Labute approximate surface area is 86.5 Å². The molecule has 0 saturated heterocycles. The molecule has 0 heterocycles. The van der Waals surface area contributed by atoms with Gasteiger partial charge in [-0.2, -0.15) is 0 Å². The molecule has 0 aliphatic heterocycles. The van der Waals surface area contributed by atoms with Gasteiger partial charge in [-0.25, -0.2) is 0 Å². The van der Waals surface area contributed by atoms with E-state index < -0.39 is 0 Å². The number of nitrogens with one attached hydrogen (secondary N) is 1. The molecule has 1 aromatic rings. The van der Waals surface area contributed by atoms with Crippen molar-refractivity contribution in [2.75, 3.05) is 6.54 Å². The molecular formula is C13H17N. The Balaban J connectivity index is 2.38. The summed E-state index contributed by atoms with van der Waals surface area (Å²) in [5, 5.41) is 3.27. The van der Waals surface area contributed by atoms with Crippen LogP contribution < -0.4 is 5.32 Å². The lowest BCUT2D eigenvalue weighted by molar-refractivity contribution is 0.769. The SMILES string of the molecule is CC#CCNCc1ccc(CC)cc1. The molecule has 1 nitrogen and oxygen atoms in total. The molecule has 0 aliphatic carbocycles. The summed E-state index contributed by atoms with van der Waals surface area (Å²) in [6, 6.07) is 8.71. The molecule has 0 atom stereocenters. The zero-order valence-electron chi connectivity index (χ0n) is 8.93. The molecule has 1 aromatic carbocycles. The second-order valence-corrected chi connectivity index (χ2v) is 3.20. The van der Waals surface area contributed by atoms with Crippen molar-refractivity contribution in [3.05, 3.63) is 35.4 Å². The van der Waals surface area contributed by atoms with E-state index in [9.17, 15) is 0 Å². The fourth-order valence-electron chi connectivity index (χ4n) is 1.25. The third-order valence-electron chi connectivity index (χ3n) is 2.15. The highest BCUT2D eigenvalue weighted by atomic mass is 14.8. The summed E-state index contributed by atoms with van der Waals surface area (Å²) < 4.78 is 0. The second kappa shape index (κ2) is 6.23. The number of hydrogen-bond acceptors (Lipinski definition) is 1. The van der Waals surface area contributed by atoms with Crippen molar-refractivity contribution in [3.8, 4) is 11.8 Å². The monoisotopic (exact) mass is 187 g/mol. The first-order chi connectivity index (χ1) is 6.86. The Bertz CT molecular complexity index is 313. The van der Waals surface area contributed by atoms with Gasteiger partial charge in [0.2, 0.25) is 0 Å². The fraction of sp³-hybridized carbons (Fsp3) is 0.385. The van der Waals surface area contributed by atoms with Gasteiger partial charge in [0, 0.05) is 6.54 Å². The molecule has 0 saturated carbocycles. The lowest BCUT2D eigenvalue weighted by Crippen LogP contribution is -2.12. The van der Waals surface area contributed by atoms with Crippen molar-refractivity contribution in [2.45, 2.75) is 26.8 Å². The number of aryl methyl sites for hydroxylation is 1.